The van der Waals surface area contributed by atoms with Crippen LogP contribution in [0.25, 0.3) is 17.1 Å². The molecule has 0 saturated heterocycles. The van der Waals surface area contributed by atoms with Gasteiger partial charge in [0, 0.05) is 29.0 Å². The lowest BCUT2D eigenvalue weighted by molar-refractivity contribution is -0.112. The number of aryl methyl sites for hydroxylation is 2. The van der Waals surface area contributed by atoms with Crippen molar-refractivity contribution in [1.29, 1.82) is 0 Å². The molecule has 0 bridgehead atoms. The van der Waals surface area contributed by atoms with Crippen molar-refractivity contribution < 1.29 is 9.53 Å². The fourth-order valence-corrected chi connectivity index (χ4v) is 2.74. The second kappa shape index (κ2) is 5.90. The molecule has 0 saturated carbocycles. The van der Waals surface area contributed by atoms with E-state index in [1.54, 1.807) is 18.5 Å². The molecule has 6 nitrogen and oxygen atoms in total. The van der Waals surface area contributed by atoms with E-state index in [9.17, 15) is 4.79 Å². The maximum Gasteiger partial charge on any atom is 0.226 e. The van der Waals surface area contributed by atoms with E-state index >= 15 is 0 Å². The average molecular weight is 332 g/mol. The Bertz CT molecular complexity index is 1050. The van der Waals surface area contributed by atoms with Crippen molar-refractivity contribution in [3.05, 3.63) is 71.3 Å². The number of anilines is 1. The Balaban J connectivity index is 1.58. The van der Waals surface area contributed by atoms with Crippen molar-refractivity contribution in [2.24, 2.45) is 0 Å². The summed E-state index contributed by atoms with van der Waals surface area (Å²) in [7, 11) is 0. The molecule has 6 heteroatoms. The lowest BCUT2D eigenvalue weighted by atomic mass is 10.2. The van der Waals surface area contributed by atoms with E-state index in [1.807, 2.05) is 38.1 Å². The van der Waals surface area contributed by atoms with E-state index in [0.29, 0.717) is 5.88 Å². The molecule has 2 N–H and O–H groups in total. The van der Waals surface area contributed by atoms with E-state index < -0.39 is 0 Å². The third-order valence-electron chi connectivity index (χ3n) is 3.98. The van der Waals surface area contributed by atoms with Crippen molar-refractivity contribution in [2.45, 2.75) is 13.8 Å². The lowest BCUT2D eigenvalue weighted by Gasteiger charge is -2.10. The second-order valence-electron chi connectivity index (χ2n) is 5.84. The number of ether oxygens (including phenoxy) is 1. The summed E-state index contributed by atoms with van der Waals surface area (Å²) in [6, 6.07) is 7.62. The predicted molar refractivity (Wildman–Crippen MR) is 95.6 cm³/mol. The Morgan fingerprint density at radius 1 is 1.24 bits per heavy atom. The number of allylic oxidation sites excluding steroid dienone is 1. The van der Waals surface area contributed by atoms with Crippen LogP contribution in [0.1, 0.15) is 17.0 Å². The van der Waals surface area contributed by atoms with Crippen LogP contribution in [0.3, 0.4) is 0 Å². The average Bonchev–Trinajstić information content (AvgIpc) is 3.15. The molecule has 0 amide bonds. The molecule has 0 aromatic carbocycles. The van der Waals surface area contributed by atoms with Crippen LogP contribution in [0.2, 0.25) is 0 Å². The summed E-state index contributed by atoms with van der Waals surface area (Å²) in [5.74, 6) is 0.478. The molecule has 0 atom stereocenters. The van der Waals surface area contributed by atoms with Crippen LogP contribution in [0.15, 0.2) is 54.4 Å². The van der Waals surface area contributed by atoms with Crippen molar-refractivity contribution in [2.75, 3.05) is 5.32 Å². The van der Waals surface area contributed by atoms with Crippen molar-refractivity contribution in [3.63, 3.8) is 0 Å². The Hall–Kier alpha value is -3.41. The maximum atomic E-state index is 12.2. The first kappa shape index (κ1) is 15.1. The summed E-state index contributed by atoms with van der Waals surface area (Å²) in [6.45, 7) is 3.84. The highest BCUT2D eigenvalue weighted by atomic mass is 16.5. The fourth-order valence-electron chi connectivity index (χ4n) is 2.74. The zero-order valence-electron chi connectivity index (χ0n) is 13.8. The number of carbonyl (C=O) groups is 1. The van der Waals surface area contributed by atoms with Gasteiger partial charge in [0.1, 0.15) is 5.65 Å². The minimum Gasteiger partial charge on any atom is -0.437 e. The van der Waals surface area contributed by atoms with Crippen LogP contribution < -0.4 is 5.32 Å². The Morgan fingerprint density at radius 3 is 2.96 bits per heavy atom. The second-order valence-corrected chi connectivity index (χ2v) is 5.84. The number of aromatic nitrogens is 3. The number of hydrogen-bond donors (Lipinski definition) is 2. The van der Waals surface area contributed by atoms with Crippen molar-refractivity contribution >= 4 is 28.6 Å². The van der Waals surface area contributed by atoms with E-state index in [0.717, 1.165) is 33.7 Å². The molecule has 0 fully saturated rings. The summed E-state index contributed by atoms with van der Waals surface area (Å²) < 4.78 is 5.68. The highest BCUT2D eigenvalue weighted by Gasteiger charge is 2.22. The number of nitrogens with zero attached hydrogens (tertiary/aromatic N) is 2. The minimum atomic E-state index is -0.182. The SMILES string of the molecule is Cc1ccc(NC2=CC(=O)C(=Cc3c[nH]c4ncccc34)O2)c(C)n1. The first-order valence-electron chi connectivity index (χ1n) is 7.89. The summed E-state index contributed by atoms with van der Waals surface area (Å²) in [6.07, 6.45) is 6.68. The van der Waals surface area contributed by atoms with Crippen molar-refractivity contribution in [1.82, 2.24) is 15.0 Å². The van der Waals surface area contributed by atoms with Crippen LogP contribution in [0, 0.1) is 13.8 Å². The highest BCUT2D eigenvalue weighted by Crippen LogP contribution is 2.25. The summed E-state index contributed by atoms with van der Waals surface area (Å²) in [5, 5.41) is 4.04. The topological polar surface area (TPSA) is 79.9 Å². The zero-order valence-corrected chi connectivity index (χ0v) is 13.8. The summed E-state index contributed by atoms with van der Waals surface area (Å²) in [5.41, 5.74) is 4.22. The van der Waals surface area contributed by atoms with Gasteiger partial charge in [-0.15, -0.1) is 0 Å². The van der Waals surface area contributed by atoms with Gasteiger partial charge >= 0.3 is 0 Å². The van der Waals surface area contributed by atoms with Gasteiger partial charge in [-0.1, -0.05) is 0 Å². The van der Waals surface area contributed by atoms with Crippen LogP contribution in [-0.4, -0.2) is 20.7 Å². The Morgan fingerprint density at radius 2 is 2.12 bits per heavy atom. The molecule has 124 valence electrons. The normalized spacial score (nSPS) is 15.5. The number of carbonyl (C=O) groups excluding carboxylic acids is 1. The predicted octanol–water partition coefficient (Wildman–Crippen LogP) is 3.47. The number of H-pyrrole nitrogens is 1. The summed E-state index contributed by atoms with van der Waals surface area (Å²) in [4.78, 5) is 23.9. The number of hydrogen-bond acceptors (Lipinski definition) is 5. The monoisotopic (exact) mass is 332 g/mol. The van der Waals surface area contributed by atoms with Gasteiger partial charge in [0.2, 0.25) is 11.7 Å². The highest BCUT2D eigenvalue weighted by molar-refractivity contribution is 6.09. The number of fused-ring (bicyclic) bond motifs is 1. The van der Waals surface area contributed by atoms with Gasteiger partial charge in [0.25, 0.3) is 0 Å². The van der Waals surface area contributed by atoms with E-state index in [2.05, 4.69) is 20.3 Å². The van der Waals surface area contributed by atoms with E-state index in [-0.39, 0.29) is 11.5 Å². The van der Waals surface area contributed by atoms with Crippen LogP contribution in [-0.2, 0) is 9.53 Å². The standard InChI is InChI=1S/C19H16N4O2/c1-11-5-6-15(12(2)22-11)23-18-9-16(24)17(25-18)8-13-10-21-19-14(13)4-3-7-20-19/h3-10,23H,1-2H3,(H,20,21). The maximum absolute atomic E-state index is 12.2. The molecule has 0 aliphatic carbocycles. The van der Waals surface area contributed by atoms with Crippen molar-refractivity contribution in [3.8, 4) is 0 Å². The van der Waals surface area contributed by atoms with E-state index in [4.69, 9.17) is 4.74 Å². The first-order chi connectivity index (χ1) is 12.1. The third-order valence-corrected chi connectivity index (χ3v) is 3.98. The van der Waals surface area contributed by atoms with Gasteiger partial charge in [0.05, 0.1) is 17.5 Å². The largest absolute Gasteiger partial charge is 0.437 e. The first-order valence-corrected chi connectivity index (χ1v) is 7.89. The van der Waals surface area contributed by atoms with Gasteiger partial charge < -0.3 is 15.0 Å². The third kappa shape index (κ3) is 2.89. The molecule has 0 radical (unpaired) electrons. The molecule has 4 rings (SSSR count). The van der Waals surface area contributed by atoms with Gasteiger partial charge in [-0.05, 0) is 44.2 Å². The van der Waals surface area contributed by atoms with Gasteiger partial charge in [-0.25, -0.2) is 4.98 Å². The number of ketones is 1. The molecular formula is C19H16N4O2. The number of rotatable bonds is 3. The van der Waals surface area contributed by atoms with Gasteiger partial charge in [-0.3, -0.25) is 9.78 Å². The molecule has 3 aromatic heterocycles. The fraction of sp³-hybridized carbons (Fsp3) is 0.105. The van der Waals surface area contributed by atoms with Gasteiger partial charge in [-0.2, -0.15) is 0 Å². The molecule has 0 unspecified atom stereocenters. The lowest BCUT2D eigenvalue weighted by Crippen LogP contribution is -2.02. The Labute approximate surface area is 144 Å². The minimum absolute atomic E-state index is 0.182. The van der Waals surface area contributed by atoms with Crippen LogP contribution >= 0.6 is 0 Å². The van der Waals surface area contributed by atoms with Crippen LogP contribution in [0.4, 0.5) is 5.69 Å². The summed E-state index contributed by atoms with van der Waals surface area (Å²) >= 11 is 0. The molecule has 3 aromatic rings. The quantitative estimate of drug-likeness (QED) is 0.718. The smallest absolute Gasteiger partial charge is 0.226 e. The van der Waals surface area contributed by atoms with Gasteiger partial charge in [0.15, 0.2) is 5.76 Å². The number of pyridine rings is 2. The molecule has 0 spiro atoms. The number of nitrogens with one attached hydrogen (secondary N) is 2. The number of aromatic amines is 1. The van der Waals surface area contributed by atoms with Crippen LogP contribution in [0.5, 0.6) is 0 Å². The Kier molecular flexibility index (Phi) is 3.57. The molecule has 1 aliphatic rings. The molecule has 4 heterocycles. The van der Waals surface area contributed by atoms with E-state index in [1.165, 1.54) is 6.08 Å². The molecular weight excluding hydrogens is 316 g/mol. The zero-order chi connectivity index (χ0) is 17.4. The molecule has 1 aliphatic heterocycles. The molecule has 25 heavy (non-hydrogen) atoms.